The van der Waals surface area contributed by atoms with Crippen molar-refractivity contribution in [2.75, 3.05) is 18.9 Å². The van der Waals surface area contributed by atoms with Crippen molar-refractivity contribution < 1.29 is 14.3 Å². The normalized spacial score (nSPS) is 24.1. The minimum Gasteiger partial charge on any atom is -0.477 e. The van der Waals surface area contributed by atoms with Gasteiger partial charge in [0.2, 0.25) is 11.8 Å². The number of hydrogen-bond donors (Lipinski definition) is 1. The number of nitrogens with zero attached hydrogens (tertiary/aromatic N) is 1. The maximum absolute atomic E-state index is 12.1. The molecular formula is C19H22N2O3S. The Bertz CT molecular complexity index is 719. The highest BCUT2D eigenvalue weighted by Crippen LogP contribution is 2.36. The Morgan fingerprint density at radius 1 is 1.40 bits per heavy atom. The molecule has 5 nitrogen and oxygen atoms in total. The van der Waals surface area contributed by atoms with Crippen LogP contribution in [0.4, 0.5) is 0 Å². The van der Waals surface area contributed by atoms with E-state index in [1.54, 1.807) is 25.3 Å². The number of amides is 1. The number of ether oxygens (including phenoxy) is 2. The molecule has 0 saturated heterocycles. The molecule has 1 saturated carbocycles. The van der Waals surface area contributed by atoms with Crippen molar-refractivity contribution in [3.63, 3.8) is 0 Å². The van der Waals surface area contributed by atoms with Crippen LogP contribution >= 0.6 is 11.8 Å². The third kappa shape index (κ3) is 4.89. The van der Waals surface area contributed by atoms with Gasteiger partial charge in [0.15, 0.2) is 0 Å². The van der Waals surface area contributed by atoms with Crippen molar-refractivity contribution in [3.05, 3.63) is 54.0 Å². The highest BCUT2D eigenvalue weighted by Gasteiger charge is 2.23. The molecule has 0 radical (unpaired) electrons. The van der Waals surface area contributed by atoms with Gasteiger partial charge in [-0.3, -0.25) is 4.79 Å². The zero-order valence-electron chi connectivity index (χ0n) is 14.3. The van der Waals surface area contributed by atoms with Crippen LogP contribution in [0.15, 0.2) is 48.4 Å². The lowest BCUT2D eigenvalue weighted by Crippen LogP contribution is -2.26. The maximum atomic E-state index is 12.1. The molecule has 3 aliphatic rings. The monoisotopic (exact) mass is 358 g/mol. The molecule has 6 heteroatoms. The molecule has 1 aromatic heterocycles. The van der Waals surface area contributed by atoms with Crippen LogP contribution in [-0.4, -0.2) is 35.0 Å². The summed E-state index contributed by atoms with van der Waals surface area (Å²) in [7, 11) is 0. The topological polar surface area (TPSA) is 60.5 Å². The molecular weight excluding hydrogens is 336 g/mol. The Morgan fingerprint density at radius 3 is 3.08 bits per heavy atom. The number of aromatic nitrogens is 1. The lowest BCUT2D eigenvalue weighted by atomic mass is 9.91. The van der Waals surface area contributed by atoms with E-state index in [4.69, 9.17) is 9.47 Å². The van der Waals surface area contributed by atoms with Crippen LogP contribution in [0.2, 0.25) is 0 Å². The summed E-state index contributed by atoms with van der Waals surface area (Å²) in [5.41, 5.74) is 2.67. The van der Waals surface area contributed by atoms with E-state index in [9.17, 15) is 4.79 Å². The second kappa shape index (κ2) is 8.25. The summed E-state index contributed by atoms with van der Waals surface area (Å²) in [4.78, 5) is 16.3. The third-order valence-electron chi connectivity index (χ3n) is 4.11. The van der Waals surface area contributed by atoms with Crippen LogP contribution in [0.3, 0.4) is 0 Å². The summed E-state index contributed by atoms with van der Waals surface area (Å²) in [5.74, 6) is 1.78. The number of carbonyl (C=O) groups is 1. The SMILES string of the molecule is C=C1O/C=C(\C)C(=O)NCC=C2CC(C2)SCCOc2cc1ccn2. The van der Waals surface area contributed by atoms with Gasteiger partial charge in [-0.2, -0.15) is 11.8 Å². The van der Waals surface area contributed by atoms with E-state index in [0.717, 1.165) is 24.2 Å². The molecule has 132 valence electrons. The van der Waals surface area contributed by atoms with Gasteiger partial charge in [-0.15, -0.1) is 0 Å². The van der Waals surface area contributed by atoms with Gasteiger partial charge in [-0.25, -0.2) is 4.98 Å². The van der Waals surface area contributed by atoms with Gasteiger partial charge in [0.05, 0.1) is 12.9 Å². The van der Waals surface area contributed by atoms with Crippen molar-refractivity contribution in [2.45, 2.75) is 25.0 Å². The van der Waals surface area contributed by atoms with Gasteiger partial charge in [-0.1, -0.05) is 18.2 Å². The second-order valence-electron chi connectivity index (χ2n) is 6.05. The molecule has 1 N–H and O–H groups in total. The molecule has 1 aromatic rings. The van der Waals surface area contributed by atoms with Crippen LogP contribution in [0.25, 0.3) is 5.76 Å². The van der Waals surface area contributed by atoms with Crippen LogP contribution in [0, 0.1) is 0 Å². The summed E-state index contributed by atoms with van der Waals surface area (Å²) < 4.78 is 11.2. The molecule has 1 fully saturated rings. The highest BCUT2D eigenvalue weighted by molar-refractivity contribution is 8.00. The average Bonchev–Trinajstić information content (AvgIpc) is 2.59. The van der Waals surface area contributed by atoms with E-state index < -0.39 is 0 Å². The molecule has 0 spiro atoms. The lowest BCUT2D eigenvalue weighted by molar-refractivity contribution is -0.117. The van der Waals surface area contributed by atoms with Gasteiger partial charge >= 0.3 is 0 Å². The van der Waals surface area contributed by atoms with E-state index in [-0.39, 0.29) is 5.91 Å². The van der Waals surface area contributed by atoms with E-state index in [1.165, 1.54) is 11.8 Å². The predicted octanol–water partition coefficient (Wildman–Crippen LogP) is 3.30. The number of allylic oxidation sites excluding steroid dienone is 1. The molecule has 0 unspecified atom stereocenters. The smallest absolute Gasteiger partial charge is 0.250 e. The average molecular weight is 358 g/mol. The van der Waals surface area contributed by atoms with Gasteiger partial charge in [0.25, 0.3) is 0 Å². The highest BCUT2D eigenvalue weighted by atomic mass is 32.2. The fraction of sp³-hybridized carbons (Fsp3) is 0.368. The predicted molar refractivity (Wildman–Crippen MR) is 100 cm³/mol. The lowest BCUT2D eigenvalue weighted by Gasteiger charge is -2.29. The van der Waals surface area contributed by atoms with E-state index in [1.807, 2.05) is 11.8 Å². The first-order valence-electron chi connectivity index (χ1n) is 8.31. The van der Waals surface area contributed by atoms with Crippen molar-refractivity contribution in [2.24, 2.45) is 0 Å². The van der Waals surface area contributed by atoms with Crippen LogP contribution < -0.4 is 10.1 Å². The first kappa shape index (κ1) is 17.6. The largest absolute Gasteiger partial charge is 0.477 e. The Kier molecular flexibility index (Phi) is 5.81. The number of nitrogens with one attached hydrogen (secondary N) is 1. The Balaban J connectivity index is 1.72. The minimum atomic E-state index is -0.144. The molecule has 4 rings (SSSR count). The summed E-state index contributed by atoms with van der Waals surface area (Å²) in [6.07, 6.45) is 7.37. The van der Waals surface area contributed by atoms with Gasteiger partial charge in [-0.05, 0) is 25.8 Å². The Morgan fingerprint density at radius 2 is 2.24 bits per heavy atom. The number of pyridine rings is 1. The molecule has 0 aromatic carbocycles. The maximum Gasteiger partial charge on any atom is 0.250 e. The number of thioether (sulfide) groups is 1. The van der Waals surface area contributed by atoms with Crippen molar-refractivity contribution in [3.8, 4) is 5.88 Å². The molecule has 0 atom stereocenters. The summed E-state index contributed by atoms with van der Waals surface area (Å²) in [6.45, 7) is 6.79. The summed E-state index contributed by atoms with van der Waals surface area (Å²) in [6, 6.07) is 3.59. The molecule has 2 aliphatic heterocycles. The molecule has 1 aliphatic carbocycles. The zero-order chi connectivity index (χ0) is 17.6. The van der Waals surface area contributed by atoms with Crippen LogP contribution in [-0.2, 0) is 9.53 Å². The number of hydrogen-bond acceptors (Lipinski definition) is 5. The van der Waals surface area contributed by atoms with Gasteiger partial charge in [0.1, 0.15) is 5.76 Å². The number of fused-ring (bicyclic) bond motifs is 9. The third-order valence-corrected chi connectivity index (χ3v) is 5.32. The second-order valence-corrected chi connectivity index (χ2v) is 7.45. The van der Waals surface area contributed by atoms with Crippen molar-refractivity contribution >= 4 is 23.4 Å². The van der Waals surface area contributed by atoms with E-state index in [0.29, 0.717) is 35.6 Å². The van der Waals surface area contributed by atoms with E-state index >= 15 is 0 Å². The van der Waals surface area contributed by atoms with Crippen LogP contribution in [0.5, 0.6) is 5.88 Å². The first-order valence-corrected chi connectivity index (χ1v) is 9.36. The zero-order valence-corrected chi connectivity index (χ0v) is 15.1. The molecule has 3 heterocycles. The number of carbonyl (C=O) groups excluding carboxylic acids is 1. The Hall–Kier alpha value is -2.21. The molecule has 25 heavy (non-hydrogen) atoms. The molecule has 4 bridgehead atoms. The summed E-state index contributed by atoms with van der Waals surface area (Å²) >= 11 is 1.92. The summed E-state index contributed by atoms with van der Waals surface area (Å²) in [5, 5.41) is 3.53. The van der Waals surface area contributed by atoms with Crippen molar-refractivity contribution in [1.29, 1.82) is 0 Å². The van der Waals surface area contributed by atoms with Gasteiger partial charge < -0.3 is 14.8 Å². The van der Waals surface area contributed by atoms with Crippen LogP contribution in [0.1, 0.15) is 25.3 Å². The van der Waals surface area contributed by atoms with Crippen molar-refractivity contribution in [1.82, 2.24) is 10.3 Å². The standard InChI is InChI=1S/C19H22N2O3S/c1-13-12-24-14(2)16-4-6-20-18(11-16)23-7-8-25-17-9-15(10-17)3-5-21-19(13)22/h3-4,6,11-12,17H,2,5,7-10H2,1H3,(H,21,22)/b13-12+,15-3?. The quantitative estimate of drug-likeness (QED) is 0.721. The fourth-order valence-electron chi connectivity index (χ4n) is 2.54. The first-order chi connectivity index (χ1) is 12.1. The minimum absolute atomic E-state index is 0.144. The van der Waals surface area contributed by atoms with E-state index in [2.05, 4.69) is 23.0 Å². The fourth-order valence-corrected chi connectivity index (χ4v) is 3.72. The number of rotatable bonds is 0. The van der Waals surface area contributed by atoms with Gasteiger partial charge in [0, 0.05) is 40.9 Å². The molecule has 1 amide bonds. The Labute approximate surface area is 152 Å².